The van der Waals surface area contributed by atoms with Crippen LogP contribution in [0.3, 0.4) is 0 Å². The molecule has 1 aliphatic heterocycles. The minimum atomic E-state index is -0.915. The van der Waals surface area contributed by atoms with Crippen LogP contribution in [0.25, 0.3) is 0 Å². The summed E-state index contributed by atoms with van der Waals surface area (Å²) >= 11 is 0. The van der Waals surface area contributed by atoms with Gasteiger partial charge in [0.2, 0.25) is 6.23 Å². The standard InChI is InChI=1S/C21H43N3O3/c1-19(2)24-16-14-23(15-17-24)13-11-9-7-5-6-8-10-12-18-27-20(21(25)26)22(3)4/h19-20H,5-18H2,1-4H3,(H,25,26)/t20-/m1/s1. The molecule has 0 aliphatic carbocycles. The third kappa shape index (κ3) is 11.0. The molecule has 1 heterocycles. The van der Waals surface area contributed by atoms with Gasteiger partial charge < -0.3 is 14.7 Å². The lowest BCUT2D eigenvalue weighted by atomic mass is 10.1. The van der Waals surface area contributed by atoms with Crippen LogP contribution in [0.15, 0.2) is 0 Å². The monoisotopic (exact) mass is 385 g/mol. The van der Waals surface area contributed by atoms with E-state index >= 15 is 0 Å². The maximum atomic E-state index is 11.0. The van der Waals surface area contributed by atoms with Crippen LogP contribution in [0.1, 0.15) is 65.2 Å². The molecule has 1 atom stereocenters. The molecule has 160 valence electrons. The van der Waals surface area contributed by atoms with Gasteiger partial charge in [-0.15, -0.1) is 0 Å². The number of piperazine rings is 1. The molecule has 1 fully saturated rings. The van der Waals surface area contributed by atoms with Gasteiger partial charge in [-0.3, -0.25) is 9.80 Å². The highest BCUT2D eigenvalue weighted by Gasteiger charge is 2.20. The lowest BCUT2D eigenvalue weighted by molar-refractivity contribution is -0.161. The Labute approximate surface area is 166 Å². The molecule has 27 heavy (non-hydrogen) atoms. The summed E-state index contributed by atoms with van der Waals surface area (Å²) in [6, 6.07) is 0.685. The molecule has 1 aliphatic rings. The van der Waals surface area contributed by atoms with Gasteiger partial charge in [0, 0.05) is 38.8 Å². The summed E-state index contributed by atoms with van der Waals surface area (Å²) in [5.74, 6) is -0.915. The lowest BCUT2D eigenvalue weighted by Gasteiger charge is -2.36. The Bertz CT molecular complexity index is 383. The van der Waals surface area contributed by atoms with E-state index in [9.17, 15) is 4.79 Å². The van der Waals surface area contributed by atoms with Gasteiger partial charge in [-0.05, 0) is 47.3 Å². The molecule has 0 saturated carbocycles. The molecule has 1 rings (SSSR count). The molecular weight excluding hydrogens is 342 g/mol. The van der Waals surface area contributed by atoms with E-state index < -0.39 is 12.2 Å². The molecule has 0 radical (unpaired) electrons. The average Bonchev–Trinajstić information content (AvgIpc) is 2.62. The summed E-state index contributed by atoms with van der Waals surface area (Å²) in [6.07, 6.45) is 9.08. The Balaban J connectivity index is 1.86. The van der Waals surface area contributed by atoms with Crippen LogP contribution in [0, 0.1) is 0 Å². The van der Waals surface area contributed by atoms with Crippen LogP contribution >= 0.6 is 0 Å². The van der Waals surface area contributed by atoms with Gasteiger partial charge in [-0.25, -0.2) is 4.79 Å². The number of carbonyl (C=O) groups is 1. The van der Waals surface area contributed by atoms with Gasteiger partial charge in [-0.2, -0.15) is 0 Å². The Morgan fingerprint density at radius 1 is 0.926 bits per heavy atom. The van der Waals surface area contributed by atoms with E-state index in [1.807, 2.05) is 0 Å². The van der Waals surface area contributed by atoms with E-state index in [-0.39, 0.29) is 0 Å². The number of hydrogen-bond donors (Lipinski definition) is 1. The third-order valence-electron chi connectivity index (χ3n) is 5.46. The fourth-order valence-electron chi connectivity index (χ4n) is 3.64. The molecule has 0 aromatic heterocycles. The number of likely N-dealkylation sites (N-methyl/N-ethyl adjacent to an activating group) is 1. The smallest absolute Gasteiger partial charge is 0.348 e. The summed E-state index contributed by atoms with van der Waals surface area (Å²) in [7, 11) is 3.45. The minimum Gasteiger partial charge on any atom is -0.478 e. The van der Waals surface area contributed by atoms with Crippen LogP contribution in [0.4, 0.5) is 0 Å². The molecule has 0 spiro atoms. The van der Waals surface area contributed by atoms with Crippen molar-refractivity contribution in [3.05, 3.63) is 0 Å². The first-order valence-corrected chi connectivity index (χ1v) is 10.9. The van der Waals surface area contributed by atoms with E-state index in [4.69, 9.17) is 9.84 Å². The van der Waals surface area contributed by atoms with Crippen LogP contribution in [0.2, 0.25) is 0 Å². The van der Waals surface area contributed by atoms with E-state index in [1.165, 1.54) is 71.2 Å². The van der Waals surface area contributed by atoms with Crippen molar-refractivity contribution in [1.29, 1.82) is 0 Å². The van der Waals surface area contributed by atoms with E-state index in [0.717, 1.165) is 12.8 Å². The number of carboxylic acids is 1. The zero-order chi connectivity index (χ0) is 20.1. The summed E-state index contributed by atoms with van der Waals surface area (Å²) < 4.78 is 5.42. The largest absolute Gasteiger partial charge is 0.478 e. The minimum absolute atomic E-state index is 0.527. The lowest BCUT2D eigenvalue weighted by Crippen LogP contribution is -2.48. The van der Waals surface area contributed by atoms with E-state index in [0.29, 0.717) is 12.6 Å². The third-order valence-corrected chi connectivity index (χ3v) is 5.46. The normalized spacial score (nSPS) is 17.7. The van der Waals surface area contributed by atoms with Crippen LogP contribution in [0.5, 0.6) is 0 Å². The Morgan fingerprint density at radius 2 is 1.44 bits per heavy atom. The van der Waals surface area contributed by atoms with Crippen molar-refractivity contribution in [2.24, 2.45) is 0 Å². The highest BCUT2D eigenvalue weighted by Crippen LogP contribution is 2.11. The van der Waals surface area contributed by atoms with Crippen molar-refractivity contribution < 1.29 is 14.6 Å². The zero-order valence-electron chi connectivity index (χ0n) is 18.2. The number of ether oxygens (including phenoxy) is 1. The molecular formula is C21H43N3O3. The van der Waals surface area contributed by atoms with E-state index in [2.05, 4.69) is 23.6 Å². The summed E-state index contributed by atoms with van der Waals surface area (Å²) in [5.41, 5.74) is 0. The number of aliphatic carboxylic acids is 1. The number of carboxylic acid groups (broad SMARTS) is 1. The topological polar surface area (TPSA) is 56.3 Å². The Morgan fingerprint density at radius 3 is 1.93 bits per heavy atom. The predicted octanol–water partition coefficient (Wildman–Crippen LogP) is 3.12. The zero-order valence-corrected chi connectivity index (χ0v) is 18.2. The van der Waals surface area contributed by atoms with Gasteiger partial charge in [0.1, 0.15) is 0 Å². The van der Waals surface area contributed by atoms with Crippen LogP contribution in [-0.4, -0.2) is 91.5 Å². The molecule has 0 aromatic carbocycles. The molecule has 1 N–H and O–H groups in total. The first-order chi connectivity index (χ1) is 12.9. The van der Waals surface area contributed by atoms with Crippen LogP contribution in [-0.2, 0) is 9.53 Å². The molecule has 0 unspecified atom stereocenters. The van der Waals surface area contributed by atoms with Gasteiger partial charge >= 0.3 is 5.97 Å². The Hall–Kier alpha value is -0.690. The summed E-state index contributed by atoms with van der Waals surface area (Å²) in [4.78, 5) is 17.8. The second kappa shape index (κ2) is 14.3. The van der Waals surface area contributed by atoms with Crippen molar-refractivity contribution in [3.8, 4) is 0 Å². The van der Waals surface area contributed by atoms with Crippen molar-refractivity contribution in [2.45, 2.75) is 77.5 Å². The van der Waals surface area contributed by atoms with Gasteiger partial charge in [0.25, 0.3) is 0 Å². The molecule has 0 aromatic rings. The molecule has 6 nitrogen and oxygen atoms in total. The van der Waals surface area contributed by atoms with Crippen molar-refractivity contribution in [2.75, 3.05) is 53.4 Å². The quantitative estimate of drug-likeness (QED) is 0.345. The van der Waals surface area contributed by atoms with Crippen LogP contribution < -0.4 is 0 Å². The fourth-order valence-corrected chi connectivity index (χ4v) is 3.64. The fraction of sp³-hybridized carbons (Fsp3) is 0.952. The van der Waals surface area contributed by atoms with Gasteiger partial charge in [-0.1, -0.05) is 38.5 Å². The SMILES string of the molecule is CC(C)N1CCN(CCCCCCCCCCO[C@H](C(=O)O)N(C)C)CC1. The number of hydrogen-bond acceptors (Lipinski definition) is 5. The summed E-state index contributed by atoms with van der Waals surface area (Å²) in [6.45, 7) is 11.3. The van der Waals surface area contributed by atoms with Gasteiger partial charge in [0.05, 0.1) is 0 Å². The molecule has 6 heteroatoms. The maximum Gasteiger partial charge on any atom is 0.348 e. The first kappa shape index (κ1) is 24.3. The molecule has 0 amide bonds. The van der Waals surface area contributed by atoms with Crippen molar-refractivity contribution in [1.82, 2.24) is 14.7 Å². The number of rotatable bonds is 15. The van der Waals surface area contributed by atoms with E-state index in [1.54, 1.807) is 19.0 Å². The van der Waals surface area contributed by atoms with Crippen molar-refractivity contribution in [3.63, 3.8) is 0 Å². The second-order valence-electron chi connectivity index (χ2n) is 8.32. The van der Waals surface area contributed by atoms with Gasteiger partial charge in [0.15, 0.2) is 0 Å². The highest BCUT2D eigenvalue weighted by atomic mass is 16.5. The number of nitrogens with zero attached hydrogens (tertiary/aromatic N) is 3. The first-order valence-electron chi connectivity index (χ1n) is 10.9. The highest BCUT2D eigenvalue weighted by molar-refractivity contribution is 5.71. The predicted molar refractivity (Wildman–Crippen MR) is 111 cm³/mol. The number of unbranched alkanes of at least 4 members (excludes halogenated alkanes) is 7. The second-order valence-corrected chi connectivity index (χ2v) is 8.32. The average molecular weight is 386 g/mol. The molecule has 1 saturated heterocycles. The van der Waals surface area contributed by atoms with Crippen molar-refractivity contribution >= 4 is 5.97 Å². The molecule has 0 bridgehead atoms. The Kier molecular flexibility index (Phi) is 12.9. The maximum absolute atomic E-state index is 11.0. The summed E-state index contributed by atoms with van der Waals surface area (Å²) in [5, 5.41) is 9.03.